The number of nitrogens with two attached hydrogens (primary N) is 1. The fourth-order valence-corrected chi connectivity index (χ4v) is 4.03. The van der Waals surface area contributed by atoms with Crippen molar-refractivity contribution in [1.29, 1.82) is 0 Å². The van der Waals surface area contributed by atoms with E-state index in [1.807, 2.05) is 30.3 Å². The van der Waals surface area contributed by atoms with E-state index in [2.05, 4.69) is 9.97 Å². The van der Waals surface area contributed by atoms with Crippen LogP contribution in [-0.4, -0.2) is 45.1 Å². The molecule has 1 aromatic carbocycles. The number of rotatable bonds is 3. The maximum atomic E-state index is 12.5. The quantitative estimate of drug-likeness (QED) is 0.750. The number of aliphatic hydroxyl groups is 1. The van der Waals surface area contributed by atoms with Crippen molar-refractivity contribution in [1.82, 2.24) is 14.9 Å². The van der Waals surface area contributed by atoms with E-state index in [0.29, 0.717) is 29.5 Å². The number of anilines is 1. The number of thiazole rings is 1. The van der Waals surface area contributed by atoms with Crippen molar-refractivity contribution in [2.75, 3.05) is 18.8 Å². The van der Waals surface area contributed by atoms with Crippen molar-refractivity contribution in [2.24, 2.45) is 5.92 Å². The Balaban J connectivity index is 1.53. The molecular formula is C18H18N4O2S. The summed E-state index contributed by atoms with van der Waals surface area (Å²) in [6.07, 6.45) is 3.46. The number of pyridine rings is 1. The first-order valence-corrected chi connectivity index (χ1v) is 8.95. The number of hydrogen-bond acceptors (Lipinski definition) is 6. The van der Waals surface area contributed by atoms with Gasteiger partial charge in [0.25, 0.3) is 5.91 Å². The molecule has 3 N–H and O–H groups in total. The van der Waals surface area contributed by atoms with Gasteiger partial charge in [0.15, 0.2) is 5.13 Å². The number of hydrogen-bond donors (Lipinski definition) is 2. The molecule has 1 fully saturated rings. The molecule has 7 heteroatoms. The SMILES string of the molecule is Nc1ncc(C(=O)N2C[C@@H](Cc3ccnc4ccccc34)[C@H](O)C2)s1. The molecule has 0 saturated carbocycles. The second kappa shape index (κ2) is 6.42. The lowest BCUT2D eigenvalue weighted by Crippen LogP contribution is -2.28. The maximum absolute atomic E-state index is 12.5. The molecule has 0 radical (unpaired) electrons. The lowest BCUT2D eigenvalue weighted by atomic mass is 9.94. The fourth-order valence-electron chi connectivity index (χ4n) is 3.38. The van der Waals surface area contributed by atoms with Crippen LogP contribution in [0, 0.1) is 5.92 Å². The largest absolute Gasteiger partial charge is 0.391 e. The van der Waals surface area contributed by atoms with Crippen LogP contribution in [0.5, 0.6) is 0 Å². The second-order valence-corrected chi connectivity index (χ2v) is 7.35. The molecule has 0 spiro atoms. The molecule has 3 heterocycles. The summed E-state index contributed by atoms with van der Waals surface area (Å²) in [4.78, 5) is 23.0. The highest BCUT2D eigenvalue weighted by Gasteiger charge is 2.35. The van der Waals surface area contributed by atoms with Gasteiger partial charge in [0, 0.05) is 30.6 Å². The van der Waals surface area contributed by atoms with E-state index >= 15 is 0 Å². The minimum atomic E-state index is -0.541. The molecule has 0 aliphatic carbocycles. The van der Waals surface area contributed by atoms with Crippen molar-refractivity contribution in [3.63, 3.8) is 0 Å². The van der Waals surface area contributed by atoms with Gasteiger partial charge >= 0.3 is 0 Å². The van der Waals surface area contributed by atoms with Crippen LogP contribution in [0.1, 0.15) is 15.2 Å². The fraction of sp³-hybridized carbons (Fsp3) is 0.278. The highest BCUT2D eigenvalue weighted by atomic mass is 32.1. The summed E-state index contributed by atoms with van der Waals surface area (Å²) in [7, 11) is 0. The summed E-state index contributed by atoms with van der Waals surface area (Å²) in [6.45, 7) is 0.860. The Morgan fingerprint density at radius 3 is 2.92 bits per heavy atom. The van der Waals surface area contributed by atoms with Gasteiger partial charge in [-0.05, 0) is 24.1 Å². The number of para-hydroxylation sites is 1. The standard InChI is InChI=1S/C18H18N4O2S/c19-18-21-8-16(25-18)17(24)22-9-12(15(23)10-22)7-11-5-6-20-14-4-2-1-3-13(11)14/h1-6,8,12,15,23H,7,9-10H2,(H2,19,21)/t12-,15-/m1/s1. The average Bonchev–Trinajstić information content (AvgIpc) is 3.21. The minimum absolute atomic E-state index is 0.0000227. The van der Waals surface area contributed by atoms with Gasteiger partial charge < -0.3 is 15.7 Å². The molecule has 2 aromatic heterocycles. The number of carbonyl (C=O) groups excluding carboxylic acids is 1. The Morgan fingerprint density at radius 1 is 1.28 bits per heavy atom. The maximum Gasteiger partial charge on any atom is 0.265 e. The van der Waals surface area contributed by atoms with Crippen molar-refractivity contribution < 1.29 is 9.90 Å². The van der Waals surface area contributed by atoms with Crippen LogP contribution < -0.4 is 5.73 Å². The normalized spacial score (nSPS) is 20.3. The van der Waals surface area contributed by atoms with Crippen molar-refractivity contribution in [2.45, 2.75) is 12.5 Å². The van der Waals surface area contributed by atoms with Crippen LogP contribution >= 0.6 is 11.3 Å². The summed E-state index contributed by atoms with van der Waals surface area (Å²) in [5.74, 6) is -0.115. The Morgan fingerprint density at radius 2 is 2.12 bits per heavy atom. The number of aliphatic hydroxyl groups excluding tert-OH is 1. The minimum Gasteiger partial charge on any atom is -0.391 e. The Hall–Kier alpha value is -2.51. The van der Waals surface area contributed by atoms with E-state index in [1.54, 1.807) is 11.1 Å². The lowest BCUT2D eigenvalue weighted by Gasteiger charge is -2.15. The van der Waals surface area contributed by atoms with Gasteiger partial charge in [0.05, 0.1) is 17.8 Å². The first-order valence-electron chi connectivity index (χ1n) is 8.13. The summed E-state index contributed by atoms with van der Waals surface area (Å²) in [6, 6.07) is 9.96. The van der Waals surface area contributed by atoms with E-state index in [9.17, 15) is 9.90 Å². The molecule has 25 heavy (non-hydrogen) atoms. The van der Waals surface area contributed by atoms with Crippen LogP contribution in [0.15, 0.2) is 42.7 Å². The number of benzene rings is 1. The number of β-amino-alcohol motifs (C(OH)–C–C–N with tert-alkyl or cyclic N) is 1. The van der Waals surface area contributed by atoms with Gasteiger partial charge in [0.2, 0.25) is 0 Å². The topological polar surface area (TPSA) is 92.3 Å². The van der Waals surface area contributed by atoms with Crippen molar-refractivity contribution >= 4 is 33.3 Å². The van der Waals surface area contributed by atoms with Gasteiger partial charge in [0.1, 0.15) is 4.88 Å². The van der Waals surface area contributed by atoms with Gasteiger partial charge in [-0.15, -0.1) is 0 Å². The van der Waals surface area contributed by atoms with E-state index in [0.717, 1.165) is 16.5 Å². The Labute approximate surface area is 148 Å². The zero-order chi connectivity index (χ0) is 17.4. The number of likely N-dealkylation sites (tertiary alicyclic amines) is 1. The molecule has 6 nitrogen and oxygen atoms in total. The average molecular weight is 354 g/mol. The summed E-state index contributed by atoms with van der Waals surface area (Å²) in [5, 5.41) is 11.9. The zero-order valence-electron chi connectivity index (χ0n) is 13.5. The van der Waals surface area contributed by atoms with Crippen molar-refractivity contribution in [3.8, 4) is 0 Å². The number of nitrogens with zero attached hydrogens (tertiary/aromatic N) is 3. The van der Waals surface area contributed by atoms with E-state index < -0.39 is 6.10 Å². The van der Waals surface area contributed by atoms with Gasteiger partial charge in [-0.1, -0.05) is 29.5 Å². The van der Waals surface area contributed by atoms with E-state index in [1.165, 1.54) is 17.5 Å². The van der Waals surface area contributed by atoms with E-state index in [4.69, 9.17) is 5.73 Å². The van der Waals surface area contributed by atoms with Gasteiger partial charge in [-0.2, -0.15) is 0 Å². The lowest BCUT2D eigenvalue weighted by molar-refractivity contribution is 0.0769. The molecule has 1 aliphatic heterocycles. The first kappa shape index (κ1) is 16.0. The van der Waals surface area contributed by atoms with Crippen LogP contribution in [-0.2, 0) is 6.42 Å². The Kier molecular flexibility index (Phi) is 4.10. The molecule has 3 aromatic rings. The van der Waals surface area contributed by atoms with Crippen LogP contribution in [0.4, 0.5) is 5.13 Å². The molecule has 0 unspecified atom stereocenters. The molecule has 0 bridgehead atoms. The summed E-state index contributed by atoms with van der Waals surface area (Å²) < 4.78 is 0. The van der Waals surface area contributed by atoms with E-state index in [-0.39, 0.29) is 11.8 Å². The van der Waals surface area contributed by atoms with Crippen molar-refractivity contribution in [3.05, 3.63) is 53.2 Å². The number of amides is 1. The molecule has 128 valence electrons. The monoisotopic (exact) mass is 354 g/mol. The van der Waals surface area contributed by atoms with Crippen LogP contribution in [0.3, 0.4) is 0 Å². The molecule has 2 atom stereocenters. The number of fused-ring (bicyclic) bond motifs is 1. The third-order valence-corrected chi connectivity index (χ3v) is 5.46. The predicted octanol–water partition coefficient (Wildman–Crippen LogP) is 1.95. The zero-order valence-corrected chi connectivity index (χ0v) is 14.3. The molecule has 1 aliphatic rings. The third kappa shape index (κ3) is 3.08. The smallest absolute Gasteiger partial charge is 0.265 e. The number of carbonyl (C=O) groups is 1. The number of nitrogen functional groups attached to an aromatic ring is 1. The summed E-state index contributed by atoms with van der Waals surface area (Å²) in [5.41, 5.74) is 7.70. The van der Waals surface area contributed by atoms with Gasteiger partial charge in [-0.25, -0.2) is 4.98 Å². The van der Waals surface area contributed by atoms with Gasteiger partial charge in [-0.3, -0.25) is 9.78 Å². The molecule has 4 rings (SSSR count). The highest BCUT2D eigenvalue weighted by Crippen LogP contribution is 2.27. The molecular weight excluding hydrogens is 336 g/mol. The summed E-state index contributed by atoms with van der Waals surface area (Å²) >= 11 is 1.18. The molecule has 1 saturated heterocycles. The second-order valence-electron chi connectivity index (χ2n) is 6.29. The highest BCUT2D eigenvalue weighted by molar-refractivity contribution is 7.17. The third-order valence-electron chi connectivity index (χ3n) is 4.65. The Bertz CT molecular complexity index is 921. The molecule has 1 amide bonds. The first-order chi connectivity index (χ1) is 12.1. The van der Waals surface area contributed by atoms with Crippen LogP contribution in [0.25, 0.3) is 10.9 Å². The predicted molar refractivity (Wildman–Crippen MR) is 97.4 cm³/mol. The van der Waals surface area contributed by atoms with Crippen LogP contribution in [0.2, 0.25) is 0 Å². The number of aromatic nitrogens is 2.